The van der Waals surface area contributed by atoms with Crippen LogP contribution in [0, 0.1) is 12.1 Å². The van der Waals surface area contributed by atoms with Gasteiger partial charge in [-0.2, -0.15) is 0 Å². The normalized spacial score (nSPS) is 14.8. The van der Waals surface area contributed by atoms with Crippen molar-refractivity contribution < 1.29 is 30.5 Å². The molecule has 5 rings (SSSR count). The second-order valence-corrected chi connectivity index (χ2v) is 9.76. The number of rotatable bonds is 2. The summed E-state index contributed by atoms with van der Waals surface area (Å²) in [6.45, 7) is 8.64. The number of methoxy groups -OCH3 is 2. The van der Waals surface area contributed by atoms with E-state index in [4.69, 9.17) is 19.4 Å². The maximum Gasteiger partial charge on any atom is 2.00 e. The van der Waals surface area contributed by atoms with Crippen LogP contribution in [0.4, 0.5) is 0 Å². The van der Waals surface area contributed by atoms with E-state index in [-0.39, 0.29) is 21.1 Å². The van der Waals surface area contributed by atoms with E-state index in [9.17, 15) is 0 Å². The number of ether oxygens (including phenoxy) is 2. The average Bonchev–Trinajstić information content (AvgIpc) is 2.87. The minimum atomic E-state index is -0.425. The zero-order chi connectivity index (χ0) is 24.1. The molecular weight excluding hydrogens is 615 g/mol. The zero-order valence-electron chi connectivity index (χ0n) is 20.8. The Morgan fingerprint density at radius 2 is 1.06 bits per heavy atom. The van der Waals surface area contributed by atoms with Gasteiger partial charge in [-0.3, -0.25) is 0 Å². The van der Waals surface area contributed by atoms with Crippen LogP contribution in [0.2, 0.25) is 0 Å². The van der Waals surface area contributed by atoms with Crippen molar-refractivity contribution in [2.75, 3.05) is 14.2 Å². The Hall–Kier alpha value is -2.97. The number of fused-ring (bicyclic) bond motifs is 10. The summed E-state index contributed by atoms with van der Waals surface area (Å²) in [6, 6.07) is 27.6. The third kappa shape index (κ3) is 4.41. The molecule has 1 aliphatic heterocycles. The number of hydrogen-bond donors (Lipinski definition) is 0. The molecule has 3 heterocycles. The van der Waals surface area contributed by atoms with Crippen LogP contribution < -0.4 is 9.47 Å². The first-order valence-corrected chi connectivity index (χ1v) is 11.4. The molecule has 0 aliphatic carbocycles. The maximum absolute atomic E-state index is 5.69. The molecule has 1 aliphatic rings. The van der Waals surface area contributed by atoms with Gasteiger partial charge in [0, 0.05) is 28.3 Å². The van der Waals surface area contributed by atoms with Crippen LogP contribution in [-0.2, 0) is 31.9 Å². The second-order valence-electron chi connectivity index (χ2n) is 9.76. The Labute approximate surface area is 222 Å². The summed E-state index contributed by atoms with van der Waals surface area (Å²) in [7, 11) is 3.38. The van der Waals surface area contributed by atoms with Crippen LogP contribution in [0.15, 0.2) is 60.7 Å². The van der Waals surface area contributed by atoms with Crippen LogP contribution >= 0.6 is 0 Å². The molecular formula is C30H28N2O2Pt. The molecule has 0 saturated carbocycles. The molecule has 0 amide bonds. The van der Waals surface area contributed by atoms with Crippen molar-refractivity contribution in [3.05, 3.63) is 95.3 Å². The molecule has 0 saturated heterocycles. The van der Waals surface area contributed by atoms with Gasteiger partial charge in [-0.05, 0) is 42.8 Å². The molecule has 35 heavy (non-hydrogen) atoms. The molecule has 4 nitrogen and oxygen atoms in total. The predicted octanol–water partition coefficient (Wildman–Crippen LogP) is 6.39. The first-order valence-electron chi connectivity index (χ1n) is 11.4. The molecule has 4 aromatic rings. The van der Waals surface area contributed by atoms with E-state index in [1.807, 2.05) is 36.4 Å². The molecule has 2 aromatic heterocycles. The number of hydrogen-bond acceptors (Lipinski definition) is 4. The summed E-state index contributed by atoms with van der Waals surface area (Å²) in [5.41, 5.74) is 6.52. The van der Waals surface area contributed by atoms with Crippen molar-refractivity contribution in [2.45, 2.75) is 38.5 Å². The first kappa shape index (κ1) is 25.1. The Bertz CT molecular complexity index is 1290. The van der Waals surface area contributed by atoms with E-state index >= 15 is 0 Å². The molecule has 0 N–H and O–H groups in total. The van der Waals surface area contributed by atoms with Crippen LogP contribution in [-0.4, -0.2) is 24.2 Å². The summed E-state index contributed by atoms with van der Waals surface area (Å²) in [5, 5.41) is 0. The molecule has 5 heteroatoms. The van der Waals surface area contributed by atoms with E-state index in [1.165, 1.54) is 0 Å². The predicted molar refractivity (Wildman–Crippen MR) is 134 cm³/mol. The van der Waals surface area contributed by atoms with Gasteiger partial charge in [-0.1, -0.05) is 50.2 Å². The quantitative estimate of drug-likeness (QED) is 0.238. The Morgan fingerprint density at radius 1 is 0.629 bits per heavy atom. The largest absolute Gasteiger partial charge is 2.00 e. The molecule has 0 atom stereocenters. The van der Waals surface area contributed by atoms with Crippen molar-refractivity contribution in [3.8, 4) is 34.0 Å². The first-order chi connectivity index (χ1) is 16.2. The zero-order valence-corrected chi connectivity index (χ0v) is 23.1. The standard InChI is InChI=1S/C30H28N2O2.Pt/c1-29(2)21-13-19(15-23(17-21)33-5)25-9-7-11-27(31-25)30(3,4)28-12-8-10-26(32-28)20-14-22(29)18-24(16-20)34-6;/h7-12,15-18H,1-6H3;/q-2;+2. The number of aromatic nitrogens is 2. The van der Waals surface area contributed by atoms with Crippen molar-refractivity contribution in [3.63, 3.8) is 0 Å². The van der Waals surface area contributed by atoms with Gasteiger partial charge in [0.25, 0.3) is 0 Å². The van der Waals surface area contributed by atoms with Crippen molar-refractivity contribution in [1.29, 1.82) is 0 Å². The molecule has 0 fully saturated rings. The summed E-state index contributed by atoms with van der Waals surface area (Å²) in [5.74, 6) is 1.54. The molecule has 2 aromatic carbocycles. The Morgan fingerprint density at radius 3 is 1.46 bits per heavy atom. The van der Waals surface area contributed by atoms with Crippen LogP contribution in [0.5, 0.6) is 11.5 Å². The van der Waals surface area contributed by atoms with Crippen molar-refractivity contribution >= 4 is 0 Å². The third-order valence-electron chi connectivity index (χ3n) is 6.83. The smallest absolute Gasteiger partial charge is 0.516 e. The minimum absolute atomic E-state index is 0. The minimum Gasteiger partial charge on any atom is -0.516 e. The van der Waals surface area contributed by atoms with Gasteiger partial charge in [0.1, 0.15) is 0 Å². The second kappa shape index (κ2) is 9.24. The third-order valence-corrected chi connectivity index (χ3v) is 6.83. The van der Waals surface area contributed by atoms with Gasteiger partial charge in [0.05, 0.1) is 14.2 Å². The SMILES string of the molecule is COc1cc2[c-]c(c1)C(C)(C)c1[c-]c(cc(OC)c1)-c1cccc(n1)C(C)(C)c1cccc-2n1.[Pt+2]. The molecule has 180 valence electrons. The average molecular weight is 644 g/mol. The van der Waals surface area contributed by atoms with Gasteiger partial charge < -0.3 is 19.4 Å². The number of benzene rings is 2. The fourth-order valence-corrected chi connectivity index (χ4v) is 4.41. The van der Waals surface area contributed by atoms with Crippen LogP contribution in [0.3, 0.4) is 0 Å². The van der Waals surface area contributed by atoms with Crippen molar-refractivity contribution in [1.82, 2.24) is 9.97 Å². The molecule has 8 bridgehead atoms. The maximum atomic E-state index is 5.69. The van der Waals surface area contributed by atoms with Gasteiger partial charge in [0.15, 0.2) is 0 Å². The van der Waals surface area contributed by atoms with E-state index in [0.29, 0.717) is 0 Å². The molecule has 0 radical (unpaired) electrons. The molecule has 0 spiro atoms. The Kier molecular flexibility index (Phi) is 6.63. The van der Waals surface area contributed by atoms with Gasteiger partial charge >= 0.3 is 21.1 Å². The van der Waals surface area contributed by atoms with E-state index in [0.717, 1.165) is 56.5 Å². The number of pyridine rings is 2. The fraction of sp³-hybridized carbons (Fsp3) is 0.267. The van der Waals surface area contributed by atoms with Gasteiger partial charge in [-0.15, -0.1) is 46.5 Å². The van der Waals surface area contributed by atoms with E-state index in [2.05, 4.69) is 64.1 Å². The summed E-state index contributed by atoms with van der Waals surface area (Å²) >= 11 is 0. The number of nitrogens with zero attached hydrogens (tertiary/aromatic N) is 2. The Balaban J connectivity index is 0.00000289. The monoisotopic (exact) mass is 643 g/mol. The van der Waals surface area contributed by atoms with Gasteiger partial charge in [-0.25, -0.2) is 0 Å². The fourth-order valence-electron chi connectivity index (χ4n) is 4.41. The molecule has 0 unspecified atom stereocenters. The van der Waals surface area contributed by atoms with Crippen LogP contribution in [0.1, 0.15) is 50.2 Å². The van der Waals surface area contributed by atoms with Gasteiger partial charge in [0.2, 0.25) is 0 Å². The summed E-state index contributed by atoms with van der Waals surface area (Å²) in [4.78, 5) is 10.1. The summed E-state index contributed by atoms with van der Waals surface area (Å²) < 4.78 is 11.4. The van der Waals surface area contributed by atoms with E-state index < -0.39 is 10.8 Å². The van der Waals surface area contributed by atoms with E-state index in [1.54, 1.807) is 14.2 Å². The van der Waals surface area contributed by atoms with Crippen LogP contribution in [0.25, 0.3) is 22.5 Å². The van der Waals surface area contributed by atoms with Crippen molar-refractivity contribution in [2.24, 2.45) is 0 Å². The summed E-state index contributed by atoms with van der Waals surface area (Å²) in [6.07, 6.45) is 0. The topological polar surface area (TPSA) is 44.2 Å².